The number of aromatic nitrogens is 2. The lowest BCUT2D eigenvalue weighted by atomic mass is 10.1. The molecule has 2 heterocycles. The molecule has 3 nitrogen and oxygen atoms in total. The number of benzene rings is 2. The van der Waals surface area contributed by atoms with E-state index < -0.39 is 0 Å². The Hall–Kier alpha value is -2.70. The quantitative estimate of drug-likeness (QED) is 0.486. The van der Waals surface area contributed by atoms with Crippen LogP contribution in [0.1, 0.15) is 11.4 Å². The number of nitrogens with one attached hydrogen (secondary N) is 1. The van der Waals surface area contributed by atoms with Gasteiger partial charge in [-0.3, -0.25) is 4.79 Å². The summed E-state index contributed by atoms with van der Waals surface area (Å²) in [5.74, 6) is 0.239. The topological polar surface area (TPSA) is 45.8 Å². The van der Waals surface area contributed by atoms with Gasteiger partial charge in [0.15, 0.2) is 0 Å². The van der Waals surface area contributed by atoms with Crippen molar-refractivity contribution in [2.45, 2.75) is 0 Å². The van der Waals surface area contributed by atoms with Crippen LogP contribution in [0.5, 0.6) is 0 Å². The summed E-state index contributed by atoms with van der Waals surface area (Å²) in [6.07, 6.45) is 3.81. The maximum Gasteiger partial charge on any atom is 0.260 e. The highest BCUT2D eigenvalue weighted by molar-refractivity contribution is 8.07. The summed E-state index contributed by atoms with van der Waals surface area (Å²) < 4.78 is 13.1. The number of fused-ring (bicyclic) bond motifs is 1. The zero-order chi connectivity index (χ0) is 18.8. The van der Waals surface area contributed by atoms with Gasteiger partial charge in [-0.05, 0) is 35.6 Å². The van der Waals surface area contributed by atoms with Crippen LogP contribution in [0.2, 0.25) is 0 Å². The van der Waals surface area contributed by atoms with Crippen LogP contribution in [-0.4, -0.2) is 16.2 Å². The Morgan fingerprint density at radius 3 is 2.59 bits per heavy atom. The molecule has 0 aliphatic rings. The summed E-state index contributed by atoms with van der Waals surface area (Å²) in [7, 11) is 0. The second kappa shape index (κ2) is 7.50. The van der Waals surface area contributed by atoms with Gasteiger partial charge >= 0.3 is 0 Å². The van der Waals surface area contributed by atoms with Gasteiger partial charge < -0.3 is 4.98 Å². The van der Waals surface area contributed by atoms with Crippen molar-refractivity contribution in [3.63, 3.8) is 0 Å². The first-order valence-electron chi connectivity index (χ1n) is 8.24. The first-order chi connectivity index (χ1) is 13.2. The zero-order valence-electron chi connectivity index (χ0n) is 14.4. The minimum absolute atomic E-state index is 0.158. The SMILES string of the molecule is CS/C(=C\c1ccc(F)cc1)c1nc2scc(-c3ccccc3)c2c(=O)[nH]1. The molecule has 0 aliphatic heterocycles. The number of aromatic amines is 1. The van der Waals surface area contributed by atoms with E-state index >= 15 is 0 Å². The molecule has 27 heavy (non-hydrogen) atoms. The molecule has 134 valence electrons. The Labute approximate surface area is 163 Å². The zero-order valence-corrected chi connectivity index (χ0v) is 16.0. The molecular formula is C21H15FN2OS2. The number of hydrogen-bond donors (Lipinski definition) is 1. The van der Waals surface area contributed by atoms with Crippen molar-refractivity contribution in [3.05, 3.63) is 87.5 Å². The molecule has 1 N–H and O–H groups in total. The van der Waals surface area contributed by atoms with Gasteiger partial charge in [-0.25, -0.2) is 9.37 Å². The van der Waals surface area contributed by atoms with Gasteiger partial charge in [-0.1, -0.05) is 42.5 Å². The van der Waals surface area contributed by atoms with Gasteiger partial charge in [0.05, 0.1) is 10.3 Å². The lowest BCUT2D eigenvalue weighted by molar-refractivity contribution is 0.628. The Morgan fingerprint density at radius 2 is 1.89 bits per heavy atom. The van der Waals surface area contributed by atoms with E-state index in [1.54, 1.807) is 12.1 Å². The Balaban J connectivity index is 1.81. The third kappa shape index (κ3) is 3.59. The van der Waals surface area contributed by atoms with E-state index in [4.69, 9.17) is 0 Å². The van der Waals surface area contributed by atoms with Crippen molar-refractivity contribution in [3.8, 4) is 11.1 Å². The Kier molecular flexibility index (Phi) is 4.92. The fraction of sp³-hybridized carbons (Fsp3) is 0.0476. The highest BCUT2D eigenvalue weighted by Gasteiger charge is 2.14. The van der Waals surface area contributed by atoms with Gasteiger partial charge in [0.2, 0.25) is 0 Å². The first-order valence-corrected chi connectivity index (χ1v) is 10.3. The molecule has 6 heteroatoms. The Morgan fingerprint density at radius 1 is 1.15 bits per heavy atom. The summed E-state index contributed by atoms with van der Waals surface area (Å²) in [6, 6.07) is 16.0. The molecule has 2 aromatic heterocycles. The molecule has 2 aromatic carbocycles. The molecule has 0 saturated carbocycles. The van der Waals surface area contributed by atoms with Gasteiger partial charge in [-0.2, -0.15) is 0 Å². The van der Waals surface area contributed by atoms with E-state index in [0.29, 0.717) is 16.0 Å². The summed E-state index contributed by atoms with van der Waals surface area (Å²) in [5, 5.41) is 2.58. The van der Waals surface area contributed by atoms with Crippen LogP contribution in [0.4, 0.5) is 4.39 Å². The van der Waals surface area contributed by atoms with Crippen molar-refractivity contribution in [2.24, 2.45) is 0 Å². The predicted octanol–water partition coefficient (Wildman–Crippen LogP) is 5.65. The van der Waals surface area contributed by atoms with Crippen molar-refractivity contribution in [1.82, 2.24) is 9.97 Å². The monoisotopic (exact) mass is 394 g/mol. The standard InChI is InChI=1S/C21H15FN2OS2/c1-26-17(11-13-7-9-15(22)10-8-13)19-23-20(25)18-16(12-27-21(18)24-19)14-5-3-2-4-6-14/h2-12H,1H3,(H,23,24,25)/b17-11-. The molecule has 0 saturated heterocycles. The lowest BCUT2D eigenvalue weighted by Crippen LogP contribution is -2.10. The molecule has 0 amide bonds. The number of H-pyrrole nitrogens is 1. The summed E-state index contributed by atoms with van der Waals surface area (Å²) in [4.78, 5) is 21.9. The first kappa shape index (κ1) is 17.7. The van der Waals surface area contributed by atoms with Crippen LogP contribution in [0.25, 0.3) is 32.3 Å². The summed E-state index contributed by atoms with van der Waals surface area (Å²) in [6.45, 7) is 0. The molecule has 0 spiro atoms. The molecule has 0 fully saturated rings. The van der Waals surface area contributed by atoms with Crippen molar-refractivity contribution in [1.29, 1.82) is 0 Å². The van der Waals surface area contributed by atoms with Crippen molar-refractivity contribution < 1.29 is 4.39 Å². The smallest absolute Gasteiger partial charge is 0.260 e. The summed E-state index contributed by atoms with van der Waals surface area (Å²) >= 11 is 2.94. The second-order valence-corrected chi connectivity index (χ2v) is 7.58. The van der Waals surface area contributed by atoms with Gasteiger partial charge in [0, 0.05) is 10.9 Å². The van der Waals surface area contributed by atoms with E-state index in [-0.39, 0.29) is 11.4 Å². The number of rotatable bonds is 4. The molecule has 0 aliphatic carbocycles. The van der Waals surface area contributed by atoms with Crippen LogP contribution >= 0.6 is 23.1 Å². The van der Waals surface area contributed by atoms with E-state index in [9.17, 15) is 9.18 Å². The van der Waals surface area contributed by atoms with E-state index in [1.807, 2.05) is 48.0 Å². The van der Waals surface area contributed by atoms with Crippen LogP contribution in [0.15, 0.2) is 64.8 Å². The number of nitrogens with zero attached hydrogens (tertiary/aromatic N) is 1. The van der Waals surface area contributed by atoms with Gasteiger partial charge in [0.1, 0.15) is 16.5 Å². The average molecular weight is 394 g/mol. The molecule has 0 atom stereocenters. The summed E-state index contributed by atoms with van der Waals surface area (Å²) in [5.41, 5.74) is 2.58. The maximum atomic E-state index is 13.1. The third-order valence-corrected chi connectivity index (χ3v) is 5.77. The van der Waals surface area contributed by atoms with E-state index in [1.165, 1.54) is 35.2 Å². The number of thioether (sulfide) groups is 1. The molecule has 4 rings (SSSR count). The minimum atomic E-state index is -0.280. The Bertz CT molecular complexity index is 1180. The van der Waals surface area contributed by atoms with Crippen LogP contribution in [0.3, 0.4) is 0 Å². The van der Waals surface area contributed by atoms with Gasteiger partial charge in [0.25, 0.3) is 5.56 Å². The fourth-order valence-corrected chi connectivity index (χ4v) is 4.32. The molecule has 0 bridgehead atoms. The van der Waals surface area contributed by atoms with E-state index in [0.717, 1.165) is 21.6 Å². The fourth-order valence-electron chi connectivity index (χ4n) is 2.83. The van der Waals surface area contributed by atoms with Crippen molar-refractivity contribution in [2.75, 3.05) is 6.26 Å². The molecule has 0 radical (unpaired) electrons. The highest BCUT2D eigenvalue weighted by Crippen LogP contribution is 2.32. The third-order valence-electron chi connectivity index (χ3n) is 4.15. The van der Waals surface area contributed by atoms with Crippen molar-refractivity contribution >= 4 is 44.3 Å². The molecule has 0 unspecified atom stereocenters. The van der Waals surface area contributed by atoms with E-state index in [2.05, 4.69) is 9.97 Å². The van der Waals surface area contributed by atoms with Gasteiger partial charge in [-0.15, -0.1) is 23.1 Å². The average Bonchev–Trinajstić information content (AvgIpc) is 3.13. The molecule has 4 aromatic rings. The van der Waals surface area contributed by atoms with Crippen LogP contribution in [-0.2, 0) is 0 Å². The molecular weight excluding hydrogens is 379 g/mol. The highest BCUT2D eigenvalue weighted by atomic mass is 32.2. The minimum Gasteiger partial charge on any atom is -0.305 e. The number of thiophene rings is 1. The number of halogens is 1. The lowest BCUT2D eigenvalue weighted by Gasteiger charge is -2.05. The predicted molar refractivity (Wildman–Crippen MR) is 113 cm³/mol. The normalized spacial score (nSPS) is 11.9. The van der Waals surface area contributed by atoms with Crippen LogP contribution in [0, 0.1) is 5.82 Å². The largest absolute Gasteiger partial charge is 0.305 e. The maximum absolute atomic E-state index is 13.1. The number of hydrogen-bond acceptors (Lipinski definition) is 4. The van der Waals surface area contributed by atoms with Crippen LogP contribution < -0.4 is 5.56 Å². The second-order valence-electron chi connectivity index (χ2n) is 5.87.